The van der Waals surface area contributed by atoms with E-state index in [4.69, 9.17) is 28.0 Å². The predicted molar refractivity (Wildman–Crippen MR) is 132 cm³/mol. The SMILES string of the molecule is O=C(NC(c1ccccc1)c1ccc(C2=CC(c3cc(Cl)cc(Cl)c3)(C(F)(F)F)ON2)cc1)C1CC1. The van der Waals surface area contributed by atoms with Crippen molar-refractivity contribution >= 4 is 34.8 Å². The van der Waals surface area contributed by atoms with Gasteiger partial charge >= 0.3 is 6.18 Å². The largest absolute Gasteiger partial charge is 0.428 e. The number of carbonyl (C=O) groups is 1. The van der Waals surface area contributed by atoms with Crippen LogP contribution in [-0.2, 0) is 15.2 Å². The van der Waals surface area contributed by atoms with Crippen LogP contribution in [0.15, 0.2) is 78.9 Å². The predicted octanol–water partition coefficient (Wildman–Crippen LogP) is 6.94. The second kappa shape index (κ2) is 9.47. The second-order valence-electron chi connectivity index (χ2n) is 8.90. The Balaban J connectivity index is 1.47. The number of benzene rings is 3. The summed E-state index contributed by atoms with van der Waals surface area (Å²) in [6.07, 6.45) is -2.05. The fourth-order valence-corrected chi connectivity index (χ4v) is 4.75. The van der Waals surface area contributed by atoms with Crippen molar-refractivity contribution in [3.05, 3.63) is 111 Å². The number of carbonyl (C=O) groups excluding carboxylic acids is 1. The highest BCUT2D eigenvalue weighted by Gasteiger charge is 2.59. The quantitative estimate of drug-likeness (QED) is 0.361. The van der Waals surface area contributed by atoms with Crippen molar-refractivity contribution in [1.82, 2.24) is 10.8 Å². The third-order valence-corrected chi connectivity index (χ3v) is 6.74. The monoisotopic (exact) mass is 532 g/mol. The lowest BCUT2D eigenvalue weighted by atomic mass is 9.91. The number of halogens is 5. The molecule has 2 N–H and O–H groups in total. The Kier molecular flexibility index (Phi) is 6.49. The molecule has 1 heterocycles. The van der Waals surface area contributed by atoms with Gasteiger partial charge in [0, 0.05) is 21.5 Å². The zero-order chi connectivity index (χ0) is 25.5. The van der Waals surface area contributed by atoms with E-state index in [0.717, 1.165) is 30.0 Å². The van der Waals surface area contributed by atoms with Gasteiger partial charge in [-0.3, -0.25) is 15.1 Å². The van der Waals surface area contributed by atoms with E-state index in [0.29, 0.717) is 5.56 Å². The number of hydroxylamine groups is 1. The molecular formula is C27H21Cl2F3N2O2. The average Bonchev–Trinajstić information content (AvgIpc) is 3.59. The minimum Gasteiger partial charge on any atom is -0.345 e. The molecule has 0 aromatic heterocycles. The highest BCUT2D eigenvalue weighted by Crippen LogP contribution is 2.48. The van der Waals surface area contributed by atoms with Crippen molar-refractivity contribution in [1.29, 1.82) is 0 Å². The summed E-state index contributed by atoms with van der Waals surface area (Å²) in [6.45, 7) is 0. The lowest BCUT2D eigenvalue weighted by molar-refractivity contribution is -0.269. The summed E-state index contributed by atoms with van der Waals surface area (Å²) in [5, 5.41) is 3.23. The van der Waals surface area contributed by atoms with Gasteiger partial charge in [0.2, 0.25) is 11.5 Å². The number of hydrogen-bond donors (Lipinski definition) is 2. The molecule has 2 aliphatic rings. The first-order chi connectivity index (χ1) is 17.2. The minimum absolute atomic E-state index is 0.00311. The topological polar surface area (TPSA) is 50.4 Å². The van der Waals surface area contributed by atoms with Crippen LogP contribution in [0.1, 0.15) is 41.1 Å². The number of amides is 1. The molecule has 9 heteroatoms. The van der Waals surface area contributed by atoms with Gasteiger partial charge in [-0.1, -0.05) is 77.8 Å². The molecule has 0 spiro atoms. The first kappa shape index (κ1) is 24.7. The molecule has 1 aliphatic heterocycles. The third-order valence-electron chi connectivity index (χ3n) is 6.30. The summed E-state index contributed by atoms with van der Waals surface area (Å²) in [7, 11) is 0. The molecule has 3 aromatic rings. The fourth-order valence-electron chi connectivity index (χ4n) is 4.22. The first-order valence-corrected chi connectivity index (χ1v) is 12.1. The van der Waals surface area contributed by atoms with Crippen LogP contribution in [0.2, 0.25) is 10.0 Å². The molecule has 2 atom stereocenters. The van der Waals surface area contributed by atoms with Crippen molar-refractivity contribution in [3.63, 3.8) is 0 Å². The zero-order valence-electron chi connectivity index (χ0n) is 18.8. The van der Waals surface area contributed by atoms with Crippen molar-refractivity contribution in [2.45, 2.75) is 30.7 Å². The number of alkyl halides is 3. The Morgan fingerprint density at radius 2 is 1.58 bits per heavy atom. The number of hydrogen-bond acceptors (Lipinski definition) is 3. The van der Waals surface area contributed by atoms with Crippen LogP contribution in [-0.4, -0.2) is 12.1 Å². The van der Waals surface area contributed by atoms with Crippen molar-refractivity contribution in [2.75, 3.05) is 0 Å². The van der Waals surface area contributed by atoms with Gasteiger partial charge in [0.15, 0.2) is 0 Å². The maximum atomic E-state index is 14.3. The molecule has 0 bridgehead atoms. The van der Waals surface area contributed by atoms with Gasteiger partial charge < -0.3 is 5.32 Å². The molecule has 2 unspecified atom stereocenters. The minimum atomic E-state index is -4.79. The van der Waals surface area contributed by atoms with Crippen molar-refractivity contribution in [2.24, 2.45) is 5.92 Å². The molecule has 0 radical (unpaired) electrons. The van der Waals surface area contributed by atoms with Crippen LogP contribution in [0.5, 0.6) is 0 Å². The molecule has 5 rings (SSSR count). The van der Waals surface area contributed by atoms with E-state index in [1.807, 2.05) is 30.3 Å². The van der Waals surface area contributed by atoms with Gasteiger partial charge in [-0.25, -0.2) is 0 Å². The third kappa shape index (κ3) is 4.83. The van der Waals surface area contributed by atoms with Crippen LogP contribution in [0, 0.1) is 5.92 Å². The standard InChI is InChI=1S/C27H21Cl2F3N2O2/c28-21-12-20(13-22(29)14-21)26(27(30,31)32)15-23(34-36-26)16-6-8-18(9-7-16)24(17-4-2-1-3-5-17)33-25(35)19-10-11-19/h1-9,12-15,19,24,34H,10-11H2,(H,33,35). The Labute approximate surface area is 216 Å². The fraction of sp³-hybridized carbons (Fsp3) is 0.222. The average molecular weight is 533 g/mol. The zero-order valence-corrected chi connectivity index (χ0v) is 20.3. The van der Waals surface area contributed by atoms with E-state index in [9.17, 15) is 18.0 Å². The summed E-state index contributed by atoms with van der Waals surface area (Å²) >= 11 is 11.9. The van der Waals surface area contributed by atoms with Gasteiger partial charge in [-0.2, -0.15) is 13.2 Å². The van der Waals surface area contributed by atoms with Gasteiger partial charge in [-0.15, -0.1) is 0 Å². The summed E-state index contributed by atoms with van der Waals surface area (Å²) in [5.41, 5.74) is 1.78. The molecule has 3 aromatic carbocycles. The smallest absolute Gasteiger partial charge is 0.345 e. The summed E-state index contributed by atoms with van der Waals surface area (Å²) in [4.78, 5) is 17.7. The summed E-state index contributed by atoms with van der Waals surface area (Å²) in [5.74, 6) is 0.0348. The summed E-state index contributed by atoms with van der Waals surface area (Å²) < 4.78 is 42.8. The van der Waals surface area contributed by atoms with E-state index in [1.54, 1.807) is 24.3 Å². The number of rotatable bonds is 6. The van der Waals surface area contributed by atoms with Crippen LogP contribution in [0.4, 0.5) is 13.2 Å². The Morgan fingerprint density at radius 1 is 0.972 bits per heavy atom. The summed E-state index contributed by atoms with van der Waals surface area (Å²) in [6, 6.07) is 19.8. The van der Waals surface area contributed by atoms with Crippen LogP contribution < -0.4 is 10.8 Å². The van der Waals surface area contributed by atoms with E-state index in [-0.39, 0.29) is 39.2 Å². The molecule has 1 fully saturated rings. The van der Waals surface area contributed by atoms with E-state index in [2.05, 4.69) is 10.8 Å². The van der Waals surface area contributed by atoms with Gasteiger partial charge in [0.1, 0.15) is 0 Å². The lowest BCUT2D eigenvalue weighted by Gasteiger charge is -2.28. The molecule has 1 saturated carbocycles. The second-order valence-corrected chi connectivity index (χ2v) is 9.78. The molecule has 36 heavy (non-hydrogen) atoms. The molecule has 1 amide bonds. The lowest BCUT2D eigenvalue weighted by Crippen LogP contribution is -2.42. The molecular weight excluding hydrogens is 512 g/mol. The number of nitrogens with one attached hydrogen (secondary N) is 2. The highest BCUT2D eigenvalue weighted by atomic mass is 35.5. The highest BCUT2D eigenvalue weighted by molar-refractivity contribution is 6.34. The van der Waals surface area contributed by atoms with Gasteiger partial charge in [-0.05, 0) is 53.8 Å². The molecule has 0 saturated heterocycles. The Bertz CT molecular complexity index is 1290. The van der Waals surface area contributed by atoms with Crippen molar-refractivity contribution < 1.29 is 22.8 Å². The van der Waals surface area contributed by atoms with Crippen LogP contribution >= 0.6 is 23.2 Å². The van der Waals surface area contributed by atoms with Crippen LogP contribution in [0.25, 0.3) is 5.70 Å². The Morgan fingerprint density at radius 3 is 2.17 bits per heavy atom. The van der Waals surface area contributed by atoms with E-state index in [1.165, 1.54) is 18.2 Å². The molecule has 186 valence electrons. The van der Waals surface area contributed by atoms with Gasteiger partial charge in [0.05, 0.1) is 11.7 Å². The maximum absolute atomic E-state index is 14.3. The van der Waals surface area contributed by atoms with Gasteiger partial charge in [0.25, 0.3) is 0 Å². The molecule has 1 aliphatic carbocycles. The maximum Gasteiger partial charge on any atom is 0.428 e. The molecule has 4 nitrogen and oxygen atoms in total. The van der Waals surface area contributed by atoms with E-state index < -0.39 is 11.8 Å². The van der Waals surface area contributed by atoms with Crippen molar-refractivity contribution in [3.8, 4) is 0 Å². The van der Waals surface area contributed by atoms with E-state index >= 15 is 0 Å². The van der Waals surface area contributed by atoms with Crippen LogP contribution in [0.3, 0.4) is 0 Å². The first-order valence-electron chi connectivity index (χ1n) is 11.3. The normalized spacial score (nSPS) is 20.4. The Hall–Kier alpha value is -3.00.